The zero-order chi connectivity index (χ0) is 11.0. The summed E-state index contributed by atoms with van der Waals surface area (Å²) in [5.74, 6) is 1.08. The van der Waals surface area contributed by atoms with Crippen LogP contribution < -0.4 is 10.6 Å². The van der Waals surface area contributed by atoms with Crippen LogP contribution in [0.15, 0.2) is 11.6 Å². The van der Waals surface area contributed by atoms with E-state index in [4.69, 9.17) is 5.73 Å². The summed E-state index contributed by atoms with van der Waals surface area (Å²) in [6, 6.07) is 0.608. The van der Waals surface area contributed by atoms with Crippen LogP contribution >= 0.6 is 23.1 Å². The molecule has 1 fully saturated rings. The monoisotopic (exact) mass is 255 g/mol. The minimum absolute atomic E-state index is 0.551. The molecule has 0 bridgehead atoms. The van der Waals surface area contributed by atoms with Gasteiger partial charge in [0.2, 0.25) is 10.3 Å². The third kappa shape index (κ3) is 1.84. The Morgan fingerprint density at radius 2 is 2.38 bits per heavy atom. The summed E-state index contributed by atoms with van der Waals surface area (Å²) in [6.07, 6.45) is 3.37. The highest BCUT2D eigenvalue weighted by Crippen LogP contribution is 2.29. The number of anilines is 2. The fourth-order valence-corrected chi connectivity index (χ4v) is 3.50. The number of nitrogens with zero attached hydrogens (tertiary/aromatic N) is 4. The highest BCUT2D eigenvalue weighted by Gasteiger charge is 2.28. The minimum Gasteiger partial charge on any atom is -0.374 e. The fourth-order valence-electron chi connectivity index (χ4n) is 2.06. The summed E-state index contributed by atoms with van der Waals surface area (Å²) < 4.78 is 0. The third-order valence-corrected chi connectivity index (χ3v) is 4.48. The second kappa shape index (κ2) is 4.14. The van der Waals surface area contributed by atoms with E-state index in [1.54, 1.807) is 0 Å². The molecule has 16 heavy (non-hydrogen) atoms. The van der Waals surface area contributed by atoms with Gasteiger partial charge in [0.15, 0.2) is 0 Å². The van der Waals surface area contributed by atoms with Gasteiger partial charge in [-0.1, -0.05) is 11.3 Å². The number of aromatic nitrogens is 2. The summed E-state index contributed by atoms with van der Waals surface area (Å²) in [7, 11) is 0. The van der Waals surface area contributed by atoms with Gasteiger partial charge in [-0.15, -0.1) is 22.0 Å². The van der Waals surface area contributed by atoms with E-state index in [1.165, 1.54) is 17.8 Å². The van der Waals surface area contributed by atoms with Crippen LogP contribution in [0.4, 0.5) is 10.3 Å². The highest BCUT2D eigenvalue weighted by atomic mass is 32.2. The number of hydrogen-bond acceptors (Lipinski definition) is 7. The van der Waals surface area contributed by atoms with E-state index >= 15 is 0 Å². The van der Waals surface area contributed by atoms with Crippen molar-refractivity contribution in [2.75, 3.05) is 29.6 Å². The predicted octanol–water partition coefficient (Wildman–Crippen LogP) is 1.18. The van der Waals surface area contributed by atoms with Gasteiger partial charge >= 0.3 is 0 Å². The van der Waals surface area contributed by atoms with Crippen molar-refractivity contribution in [2.45, 2.75) is 12.5 Å². The second-order valence-corrected chi connectivity index (χ2v) is 5.76. The van der Waals surface area contributed by atoms with Gasteiger partial charge in [-0.3, -0.25) is 0 Å². The molecule has 3 rings (SSSR count). The van der Waals surface area contributed by atoms with Crippen molar-refractivity contribution >= 4 is 33.4 Å². The maximum atomic E-state index is 5.60. The lowest BCUT2D eigenvalue weighted by Crippen LogP contribution is -2.32. The molecule has 5 nitrogen and oxygen atoms in total. The van der Waals surface area contributed by atoms with Gasteiger partial charge in [0.25, 0.3) is 0 Å². The lowest BCUT2D eigenvalue weighted by molar-refractivity contribution is 0.346. The van der Waals surface area contributed by atoms with E-state index in [0.717, 1.165) is 24.1 Å². The normalized spacial score (nSPS) is 24.6. The molecule has 86 valence electrons. The maximum absolute atomic E-state index is 5.60. The highest BCUT2D eigenvalue weighted by molar-refractivity contribution is 8.02. The van der Waals surface area contributed by atoms with Crippen molar-refractivity contribution in [3.63, 3.8) is 0 Å². The Hall–Kier alpha value is -0.950. The lowest BCUT2D eigenvalue weighted by atomic mass is 10.2. The predicted molar refractivity (Wildman–Crippen MR) is 68.4 cm³/mol. The number of thioether (sulfide) groups is 1. The summed E-state index contributed by atoms with van der Waals surface area (Å²) in [6.45, 7) is 2.08. The van der Waals surface area contributed by atoms with E-state index < -0.39 is 0 Å². The van der Waals surface area contributed by atoms with E-state index in [2.05, 4.69) is 31.6 Å². The van der Waals surface area contributed by atoms with Crippen LogP contribution in [0.5, 0.6) is 0 Å². The molecule has 0 aromatic carbocycles. The van der Waals surface area contributed by atoms with Crippen LogP contribution in [0.25, 0.3) is 0 Å². The molecule has 2 aliphatic heterocycles. The maximum Gasteiger partial charge on any atom is 0.210 e. The standard InChI is InChI=1S/C9H13N5S2/c10-8-11-12-9(16-8)13-2-1-7(5-13)14-3-4-15-6-14/h3-4,7H,1-2,5-6H2,(H2,10,11)/t7-/m1/s1. The Labute approximate surface area is 102 Å². The summed E-state index contributed by atoms with van der Waals surface area (Å²) in [4.78, 5) is 4.67. The van der Waals surface area contributed by atoms with E-state index in [9.17, 15) is 0 Å². The average Bonchev–Trinajstić information content (AvgIpc) is 2.97. The summed E-state index contributed by atoms with van der Waals surface area (Å²) >= 11 is 3.32. The fraction of sp³-hybridized carbons (Fsp3) is 0.556. The Kier molecular flexibility index (Phi) is 2.64. The van der Waals surface area contributed by atoms with Crippen LogP contribution in [0.1, 0.15) is 6.42 Å². The zero-order valence-electron chi connectivity index (χ0n) is 8.74. The quantitative estimate of drug-likeness (QED) is 0.856. The first-order valence-corrected chi connectivity index (χ1v) is 7.07. The smallest absolute Gasteiger partial charge is 0.210 e. The van der Waals surface area contributed by atoms with E-state index in [-0.39, 0.29) is 0 Å². The first kappa shape index (κ1) is 10.2. The first-order valence-electron chi connectivity index (χ1n) is 5.21. The van der Waals surface area contributed by atoms with Crippen LogP contribution in [-0.4, -0.2) is 40.1 Å². The van der Waals surface area contributed by atoms with Gasteiger partial charge in [0, 0.05) is 25.3 Å². The Bertz CT molecular complexity index is 404. The van der Waals surface area contributed by atoms with Crippen molar-refractivity contribution in [2.24, 2.45) is 0 Å². The molecule has 0 unspecified atom stereocenters. The minimum atomic E-state index is 0.551. The van der Waals surface area contributed by atoms with Gasteiger partial charge in [0.05, 0.1) is 5.88 Å². The third-order valence-electron chi connectivity index (χ3n) is 2.91. The number of hydrogen-bond donors (Lipinski definition) is 1. The second-order valence-electron chi connectivity index (χ2n) is 3.91. The molecule has 7 heteroatoms. The van der Waals surface area contributed by atoms with Gasteiger partial charge < -0.3 is 15.5 Å². The van der Waals surface area contributed by atoms with Crippen molar-refractivity contribution in [1.29, 1.82) is 0 Å². The van der Waals surface area contributed by atoms with E-state index in [1.807, 2.05) is 11.8 Å². The van der Waals surface area contributed by atoms with Crippen LogP contribution in [-0.2, 0) is 0 Å². The topological polar surface area (TPSA) is 58.3 Å². The van der Waals surface area contributed by atoms with Crippen molar-refractivity contribution in [3.05, 3.63) is 11.6 Å². The molecule has 0 saturated carbocycles. The van der Waals surface area contributed by atoms with E-state index in [0.29, 0.717) is 11.2 Å². The lowest BCUT2D eigenvalue weighted by Gasteiger charge is -2.23. The van der Waals surface area contributed by atoms with Crippen molar-refractivity contribution < 1.29 is 0 Å². The number of nitrogens with two attached hydrogens (primary N) is 1. The molecule has 1 aromatic rings. The Morgan fingerprint density at radius 1 is 1.44 bits per heavy atom. The molecule has 0 radical (unpaired) electrons. The molecular weight excluding hydrogens is 242 g/mol. The van der Waals surface area contributed by atoms with Gasteiger partial charge in [0.1, 0.15) is 0 Å². The van der Waals surface area contributed by atoms with Crippen LogP contribution in [0.3, 0.4) is 0 Å². The number of nitrogen functional groups attached to an aromatic ring is 1. The van der Waals surface area contributed by atoms with Crippen LogP contribution in [0, 0.1) is 0 Å². The van der Waals surface area contributed by atoms with Crippen molar-refractivity contribution in [1.82, 2.24) is 15.1 Å². The SMILES string of the molecule is Nc1nnc(N2CC[C@@H](N3C=CSC3)C2)s1. The summed E-state index contributed by atoms with van der Waals surface area (Å²) in [5.41, 5.74) is 5.60. The zero-order valence-corrected chi connectivity index (χ0v) is 10.4. The van der Waals surface area contributed by atoms with Gasteiger partial charge in [-0.25, -0.2) is 0 Å². The molecule has 2 N–H and O–H groups in total. The molecule has 0 amide bonds. The Morgan fingerprint density at radius 3 is 3.06 bits per heavy atom. The molecule has 0 spiro atoms. The van der Waals surface area contributed by atoms with Gasteiger partial charge in [-0.05, 0) is 11.8 Å². The molecule has 2 aliphatic rings. The number of rotatable bonds is 2. The average molecular weight is 255 g/mol. The molecule has 1 aromatic heterocycles. The molecule has 3 heterocycles. The summed E-state index contributed by atoms with van der Waals surface area (Å²) in [5, 5.41) is 11.6. The van der Waals surface area contributed by atoms with Crippen molar-refractivity contribution in [3.8, 4) is 0 Å². The molecule has 1 saturated heterocycles. The van der Waals surface area contributed by atoms with Gasteiger partial charge in [-0.2, -0.15) is 0 Å². The largest absolute Gasteiger partial charge is 0.374 e. The molecular formula is C9H13N5S2. The Balaban J connectivity index is 1.66. The first-order chi connectivity index (χ1) is 7.83. The molecule has 0 aliphatic carbocycles. The van der Waals surface area contributed by atoms with Crippen LogP contribution in [0.2, 0.25) is 0 Å². The molecule has 1 atom stereocenters.